The average molecular weight is 292 g/mol. The number of rotatable bonds is 7. The number of ether oxygens (including phenoxy) is 2. The minimum atomic E-state index is -1.00. The molecule has 0 bridgehead atoms. The Bertz CT molecular complexity index is 446. The van der Waals surface area contributed by atoms with Crippen molar-refractivity contribution in [3.63, 3.8) is 0 Å². The molecule has 1 fully saturated rings. The van der Waals surface area contributed by atoms with Gasteiger partial charge in [0.25, 0.3) is 0 Å². The molecule has 2 rings (SSSR count). The SMILES string of the molecule is CNC(COCC1CCCCO1)(C(N)=O)c1ccccc1. The number of carbonyl (C=O) groups is 1. The molecule has 0 radical (unpaired) electrons. The molecule has 116 valence electrons. The Labute approximate surface area is 125 Å². The first-order chi connectivity index (χ1) is 10.2. The van der Waals surface area contributed by atoms with Crippen LogP contribution in [0.5, 0.6) is 0 Å². The van der Waals surface area contributed by atoms with Gasteiger partial charge in [0, 0.05) is 6.61 Å². The molecule has 0 saturated carbocycles. The van der Waals surface area contributed by atoms with Crippen LogP contribution in [0.25, 0.3) is 0 Å². The van der Waals surface area contributed by atoms with E-state index in [2.05, 4.69) is 5.32 Å². The summed E-state index contributed by atoms with van der Waals surface area (Å²) in [6, 6.07) is 9.42. The summed E-state index contributed by atoms with van der Waals surface area (Å²) in [7, 11) is 1.72. The normalized spacial score (nSPS) is 21.7. The third kappa shape index (κ3) is 3.81. The van der Waals surface area contributed by atoms with E-state index >= 15 is 0 Å². The predicted molar refractivity (Wildman–Crippen MR) is 80.8 cm³/mol. The topological polar surface area (TPSA) is 73.6 Å². The van der Waals surface area contributed by atoms with Crippen LogP contribution in [0, 0.1) is 0 Å². The van der Waals surface area contributed by atoms with E-state index in [4.69, 9.17) is 15.2 Å². The van der Waals surface area contributed by atoms with E-state index in [1.54, 1.807) is 7.05 Å². The van der Waals surface area contributed by atoms with Gasteiger partial charge in [-0.15, -0.1) is 0 Å². The summed E-state index contributed by atoms with van der Waals surface area (Å²) in [4.78, 5) is 12.0. The molecule has 1 heterocycles. The molecule has 1 aliphatic rings. The highest BCUT2D eigenvalue weighted by Gasteiger charge is 2.37. The zero-order valence-electron chi connectivity index (χ0n) is 12.5. The van der Waals surface area contributed by atoms with Gasteiger partial charge in [-0.2, -0.15) is 0 Å². The van der Waals surface area contributed by atoms with E-state index in [-0.39, 0.29) is 12.7 Å². The van der Waals surface area contributed by atoms with Gasteiger partial charge in [-0.05, 0) is 31.9 Å². The van der Waals surface area contributed by atoms with Gasteiger partial charge in [-0.3, -0.25) is 4.79 Å². The minimum absolute atomic E-state index is 0.122. The highest BCUT2D eigenvalue weighted by Crippen LogP contribution is 2.22. The zero-order valence-corrected chi connectivity index (χ0v) is 12.5. The van der Waals surface area contributed by atoms with Crippen LogP contribution in [0.1, 0.15) is 24.8 Å². The Balaban J connectivity index is 2.01. The molecule has 1 amide bonds. The van der Waals surface area contributed by atoms with Crippen molar-refractivity contribution >= 4 is 5.91 Å². The average Bonchev–Trinajstić information content (AvgIpc) is 2.53. The maximum atomic E-state index is 12.0. The Hall–Kier alpha value is -1.43. The Morgan fingerprint density at radius 1 is 1.43 bits per heavy atom. The Kier molecular flexibility index (Phi) is 5.73. The molecule has 0 aromatic heterocycles. The first kappa shape index (κ1) is 15.9. The number of likely N-dealkylation sites (N-methyl/N-ethyl adjacent to an activating group) is 1. The van der Waals surface area contributed by atoms with Crippen LogP contribution in [0.4, 0.5) is 0 Å². The monoisotopic (exact) mass is 292 g/mol. The molecule has 5 nitrogen and oxygen atoms in total. The van der Waals surface area contributed by atoms with Crippen LogP contribution in [0.2, 0.25) is 0 Å². The number of hydrogen-bond donors (Lipinski definition) is 2. The molecule has 1 aliphatic heterocycles. The number of carbonyl (C=O) groups excluding carboxylic acids is 1. The molecule has 2 atom stereocenters. The van der Waals surface area contributed by atoms with E-state index in [0.29, 0.717) is 6.61 Å². The lowest BCUT2D eigenvalue weighted by molar-refractivity contribution is -0.129. The molecule has 3 N–H and O–H groups in total. The van der Waals surface area contributed by atoms with Gasteiger partial charge < -0.3 is 20.5 Å². The van der Waals surface area contributed by atoms with Crippen molar-refractivity contribution in [3.05, 3.63) is 35.9 Å². The fourth-order valence-corrected chi connectivity index (χ4v) is 2.64. The standard InChI is InChI=1S/C16H24N2O3/c1-18-16(15(17)19,13-7-3-2-4-8-13)12-20-11-14-9-5-6-10-21-14/h2-4,7-8,14,18H,5-6,9-12H2,1H3,(H2,17,19). The third-order valence-corrected chi connectivity index (χ3v) is 4.01. The molecule has 0 aliphatic carbocycles. The van der Waals surface area contributed by atoms with Crippen molar-refractivity contribution in [1.29, 1.82) is 0 Å². The van der Waals surface area contributed by atoms with Gasteiger partial charge in [0.05, 0.1) is 19.3 Å². The van der Waals surface area contributed by atoms with Gasteiger partial charge >= 0.3 is 0 Å². The maximum Gasteiger partial charge on any atom is 0.244 e. The van der Waals surface area contributed by atoms with Crippen LogP contribution >= 0.6 is 0 Å². The van der Waals surface area contributed by atoms with Crippen LogP contribution in [0.15, 0.2) is 30.3 Å². The molecule has 1 saturated heterocycles. The third-order valence-electron chi connectivity index (χ3n) is 4.01. The second-order valence-corrected chi connectivity index (χ2v) is 5.39. The van der Waals surface area contributed by atoms with Crippen molar-refractivity contribution in [1.82, 2.24) is 5.32 Å². The lowest BCUT2D eigenvalue weighted by Crippen LogP contribution is -2.54. The first-order valence-corrected chi connectivity index (χ1v) is 7.43. The van der Waals surface area contributed by atoms with Crippen molar-refractivity contribution in [2.45, 2.75) is 30.9 Å². The summed E-state index contributed by atoms with van der Waals surface area (Å²) in [5, 5.41) is 3.03. The fraction of sp³-hybridized carbons (Fsp3) is 0.562. The molecule has 21 heavy (non-hydrogen) atoms. The first-order valence-electron chi connectivity index (χ1n) is 7.43. The number of benzene rings is 1. The summed E-state index contributed by atoms with van der Waals surface area (Å²) in [5.74, 6) is -0.444. The molecule has 0 spiro atoms. The number of nitrogens with two attached hydrogens (primary N) is 1. The van der Waals surface area contributed by atoms with E-state index in [0.717, 1.165) is 25.0 Å². The number of nitrogens with one attached hydrogen (secondary N) is 1. The molecule has 2 unspecified atom stereocenters. The fourth-order valence-electron chi connectivity index (χ4n) is 2.64. The second-order valence-electron chi connectivity index (χ2n) is 5.39. The predicted octanol–water partition coefficient (Wildman–Crippen LogP) is 1.17. The number of primary amides is 1. The second kappa shape index (κ2) is 7.54. The van der Waals surface area contributed by atoms with Crippen LogP contribution in [-0.2, 0) is 19.8 Å². The summed E-state index contributed by atoms with van der Waals surface area (Å²) < 4.78 is 11.4. The largest absolute Gasteiger partial charge is 0.376 e. The Morgan fingerprint density at radius 3 is 2.76 bits per heavy atom. The molecule has 1 aromatic carbocycles. The van der Waals surface area contributed by atoms with E-state index < -0.39 is 11.4 Å². The quantitative estimate of drug-likeness (QED) is 0.791. The summed E-state index contributed by atoms with van der Waals surface area (Å²) in [6.45, 7) is 1.48. The van der Waals surface area contributed by atoms with Crippen molar-refractivity contribution in [3.8, 4) is 0 Å². The lowest BCUT2D eigenvalue weighted by atomic mass is 9.90. The smallest absolute Gasteiger partial charge is 0.244 e. The van der Waals surface area contributed by atoms with Crippen LogP contribution in [0.3, 0.4) is 0 Å². The minimum Gasteiger partial charge on any atom is -0.376 e. The van der Waals surface area contributed by atoms with Gasteiger partial charge in [0.2, 0.25) is 5.91 Å². The summed E-state index contributed by atoms with van der Waals surface area (Å²) >= 11 is 0. The molecular weight excluding hydrogens is 268 g/mol. The van der Waals surface area contributed by atoms with Crippen LogP contribution in [-0.4, -0.2) is 38.9 Å². The van der Waals surface area contributed by atoms with Crippen molar-refractivity contribution in [2.75, 3.05) is 26.9 Å². The Morgan fingerprint density at radius 2 is 2.19 bits per heavy atom. The van der Waals surface area contributed by atoms with Gasteiger partial charge in [0.15, 0.2) is 0 Å². The molecule has 5 heteroatoms. The van der Waals surface area contributed by atoms with Crippen molar-refractivity contribution < 1.29 is 14.3 Å². The summed E-state index contributed by atoms with van der Waals surface area (Å²) in [6.07, 6.45) is 3.41. The number of hydrogen-bond acceptors (Lipinski definition) is 4. The summed E-state index contributed by atoms with van der Waals surface area (Å²) in [5.41, 5.74) is 5.43. The van der Waals surface area contributed by atoms with Gasteiger partial charge in [-0.25, -0.2) is 0 Å². The van der Waals surface area contributed by atoms with E-state index in [1.807, 2.05) is 30.3 Å². The highest BCUT2D eigenvalue weighted by atomic mass is 16.5. The van der Waals surface area contributed by atoms with Crippen LogP contribution < -0.4 is 11.1 Å². The van der Waals surface area contributed by atoms with Gasteiger partial charge in [-0.1, -0.05) is 30.3 Å². The highest BCUT2D eigenvalue weighted by molar-refractivity contribution is 5.86. The zero-order chi connectivity index (χ0) is 15.1. The van der Waals surface area contributed by atoms with E-state index in [9.17, 15) is 4.79 Å². The van der Waals surface area contributed by atoms with Gasteiger partial charge in [0.1, 0.15) is 5.54 Å². The van der Waals surface area contributed by atoms with E-state index in [1.165, 1.54) is 6.42 Å². The molecule has 1 aromatic rings. The number of amides is 1. The maximum absolute atomic E-state index is 12.0. The molecular formula is C16H24N2O3. The van der Waals surface area contributed by atoms with Crippen molar-refractivity contribution in [2.24, 2.45) is 5.73 Å². The lowest BCUT2D eigenvalue weighted by Gasteiger charge is -2.31.